The predicted octanol–water partition coefficient (Wildman–Crippen LogP) is 3.59. The summed E-state index contributed by atoms with van der Waals surface area (Å²) < 4.78 is 16.3. The van der Waals surface area contributed by atoms with E-state index in [0.717, 1.165) is 62.6 Å². The van der Waals surface area contributed by atoms with Gasteiger partial charge >= 0.3 is 0 Å². The van der Waals surface area contributed by atoms with Crippen molar-refractivity contribution >= 4 is 5.91 Å². The van der Waals surface area contributed by atoms with Crippen molar-refractivity contribution in [2.45, 2.75) is 32.1 Å². The summed E-state index contributed by atoms with van der Waals surface area (Å²) in [6.07, 6.45) is 4.69. The van der Waals surface area contributed by atoms with Crippen molar-refractivity contribution in [3.8, 4) is 17.2 Å². The molecule has 0 spiro atoms. The largest absolute Gasteiger partial charge is 0.497 e. The summed E-state index contributed by atoms with van der Waals surface area (Å²) in [7, 11) is 5.00. The van der Waals surface area contributed by atoms with E-state index >= 15 is 0 Å². The van der Waals surface area contributed by atoms with E-state index < -0.39 is 0 Å². The van der Waals surface area contributed by atoms with Gasteiger partial charge in [-0.15, -0.1) is 0 Å². The first-order valence-corrected chi connectivity index (χ1v) is 12.0. The Balaban J connectivity index is 1.34. The molecule has 2 aliphatic rings. The Morgan fingerprint density at radius 2 is 1.76 bits per heavy atom. The lowest BCUT2D eigenvalue weighted by Crippen LogP contribution is -2.44. The molecular weight excluding hydrogens is 416 g/mol. The second-order valence-electron chi connectivity index (χ2n) is 9.15. The fourth-order valence-corrected chi connectivity index (χ4v) is 5.14. The topological polar surface area (TPSA) is 51.2 Å². The lowest BCUT2D eigenvalue weighted by molar-refractivity contribution is -0.131. The minimum atomic E-state index is 0.217. The van der Waals surface area contributed by atoms with Gasteiger partial charge < -0.3 is 24.0 Å². The summed E-state index contributed by atoms with van der Waals surface area (Å²) in [6, 6.07) is 12.3. The quantitative estimate of drug-likeness (QED) is 0.613. The van der Waals surface area contributed by atoms with Crippen molar-refractivity contribution in [1.82, 2.24) is 9.80 Å². The third-order valence-electron chi connectivity index (χ3n) is 6.98. The number of likely N-dealkylation sites (tertiary alicyclic amines) is 1. The maximum atomic E-state index is 13.1. The highest BCUT2D eigenvalue weighted by atomic mass is 16.5. The molecule has 0 N–H and O–H groups in total. The zero-order valence-electron chi connectivity index (χ0n) is 20.1. The third kappa shape index (κ3) is 5.80. The van der Waals surface area contributed by atoms with Crippen LogP contribution in [0.3, 0.4) is 0 Å². The SMILES string of the molecule is COc1cccc(CCN2CCCC(CN3CCc4cc(OC)c(OC)cc4CC3=O)C2)c1. The van der Waals surface area contributed by atoms with Crippen LogP contribution >= 0.6 is 0 Å². The molecule has 1 fully saturated rings. The van der Waals surface area contributed by atoms with Crippen molar-refractivity contribution in [1.29, 1.82) is 0 Å². The van der Waals surface area contributed by atoms with Gasteiger partial charge in [-0.1, -0.05) is 12.1 Å². The van der Waals surface area contributed by atoms with Crippen LogP contribution in [0, 0.1) is 5.92 Å². The van der Waals surface area contributed by atoms with Gasteiger partial charge in [0.25, 0.3) is 0 Å². The van der Waals surface area contributed by atoms with Crippen molar-refractivity contribution in [2.75, 3.05) is 54.1 Å². The highest BCUT2D eigenvalue weighted by Gasteiger charge is 2.27. The van der Waals surface area contributed by atoms with Gasteiger partial charge in [0.2, 0.25) is 5.91 Å². The smallest absolute Gasteiger partial charge is 0.227 e. The summed E-state index contributed by atoms with van der Waals surface area (Å²) >= 11 is 0. The molecule has 2 aromatic carbocycles. The summed E-state index contributed by atoms with van der Waals surface area (Å²) in [5.74, 6) is 3.08. The van der Waals surface area contributed by atoms with Gasteiger partial charge in [0, 0.05) is 26.2 Å². The molecular formula is C27H36N2O4. The second kappa shape index (κ2) is 10.9. The molecule has 0 aliphatic carbocycles. The second-order valence-corrected chi connectivity index (χ2v) is 9.15. The zero-order valence-corrected chi connectivity index (χ0v) is 20.1. The van der Waals surface area contributed by atoms with Crippen LogP contribution in [0.2, 0.25) is 0 Å². The van der Waals surface area contributed by atoms with Crippen LogP contribution in [0.4, 0.5) is 0 Å². The highest BCUT2D eigenvalue weighted by molar-refractivity contribution is 5.80. The molecule has 2 aliphatic heterocycles. The lowest BCUT2D eigenvalue weighted by atomic mass is 9.96. The Bertz CT molecular complexity index is 961. The van der Waals surface area contributed by atoms with Gasteiger partial charge in [-0.3, -0.25) is 4.79 Å². The Hall–Kier alpha value is -2.73. The standard InChI is InChI=1S/C27H36N2O4/c1-31-24-8-4-6-20(14-24)9-12-28-11-5-7-21(18-28)19-29-13-10-22-15-25(32-2)26(33-3)16-23(22)17-27(29)30/h4,6,8,14-16,21H,5,7,9-13,17-19H2,1-3H3. The van der Waals surface area contributed by atoms with E-state index in [1.54, 1.807) is 21.3 Å². The van der Waals surface area contributed by atoms with Gasteiger partial charge in [0.05, 0.1) is 27.8 Å². The van der Waals surface area contributed by atoms with E-state index in [9.17, 15) is 4.79 Å². The molecule has 1 unspecified atom stereocenters. The van der Waals surface area contributed by atoms with Crippen molar-refractivity contribution in [2.24, 2.45) is 5.92 Å². The number of benzene rings is 2. The molecule has 1 amide bonds. The number of hydrogen-bond donors (Lipinski definition) is 0. The average Bonchev–Trinajstić information content (AvgIpc) is 3.00. The molecule has 6 heteroatoms. The van der Waals surface area contributed by atoms with Crippen LogP contribution in [0.5, 0.6) is 17.2 Å². The fourth-order valence-electron chi connectivity index (χ4n) is 5.14. The molecule has 0 bridgehead atoms. The van der Waals surface area contributed by atoms with Crippen LogP contribution in [0.1, 0.15) is 29.5 Å². The minimum absolute atomic E-state index is 0.217. The van der Waals surface area contributed by atoms with Crippen LogP contribution in [0.15, 0.2) is 36.4 Å². The molecule has 6 nitrogen and oxygen atoms in total. The van der Waals surface area contributed by atoms with Crippen LogP contribution in [-0.2, 0) is 24.1 Å². The number of nitrogens with zero attached hydrogens (tertiary/aromatic N) is 2. The van der Waals surface area contributed by atoms with E-state index in [1.165, 1.54) is 24.0 Å². The van der Waals surface area contributed by atoms with Crippen LogP contribution < -0.4 is 14.2 Å². The minimum Gasteiger partial charge on any atom is -0.497 e. The summed E-state index contributed by atoms with van der Waals surface area (Å²) in [6.45, 7) is 4.85. The maximum Gasteiger partial charge on any atom is 0.227 e. The molecule has 0 saturated carbocycles. The van der Waals surface area contributed by atoms with Gasteiger partial charge in [-0.05, 0) is 79.1 Å². The Morgan fingerprint density at radius 3 is 2.52 bits per heavy atom. The van der Waals surface area contributed by atoms with Gasteiger partial charge in [-0.25, -0.2) is 0 Å². The third-order valence-corrected chi connectivity index (χ3v) is 6.98. The first-order chi connectivity index (χ1) is 16.1. The number of ether oxygens (including phenoxy) is 3. The van der Waals surface area contributed by atoms with Crippen molar-refractivity contribution in [3.05, 3.63) is 53.1 Å². The summed E-state index contributed by atoms with van der Waals surface area (Å²) in [5, 5.41) is 0. The predicted molar refractivity (Wildman–Crippen MR) is 129 cm³/mol. The van der Waals surface area contributed by atoms with Crippen molar-refractivity contribution in [3.63, 3.8) is 0 Å². The molecule has 2 heterocycles. The number of rotatable bonds is 8. The van der Waals surface area contributed by atoms with Crippen molar-refractivity contribution < 1.29 is 19.0 Å². The molecule has 0 aromatic heterocycles. The summed E-state index contributed by atoms with van der Waals surface area (Å²) in [4.78, 5) is 17.7. The number of carbonyl (C=O) groups excluding carboxylic acids is 1. The number of amides is 1. The number of carbonyl (C=O) groups is 1. The molecule has 4 rings (SSSR count). The van der Waals surface area contributed by atoms with E-state index in [1.807, 2.05) is 18.2 Å². The molecule has 1 atom stereocenters. The Labute approximate surface area is 197 Å². The van der Waals surface area contributed by atoms with E-state index in [0.29, 0.717) is 18.1 Å². The number of methoxy groups -OCH3 is 3. The molecule has 178 valence electrons. The summed E-state index contributed by atoms with van der Waals surface area (Å²) in [5.41, 5.74) is 3.55. The number of piperidine rings is 1. The molecule has 0 radical (unpaired) electrons. The van der Waals surface area contributed by atoms with E-state index in [-0.39, 0.29) is 5.91 Å². The maximum absolute atomic E-state index is 13.1. The Morgan fingerprint density at radius 1 is 0.970 bits per heavy atom. The van der Waals surface area contributed by atoms with E-state index in [2.05, 4.69) is 28.0 Å². The number of hydrogen-bond acceptors (Lipinski definition) is 5. The fraction of sp³-hybridized carbons (Fsp3) is 0.519. The first kappa shape index (κ1) is 23.4. The molecule has 2 aromatic rings. The zero-order chi connectivity index (χ0) is 23.2. The molecule has 33 heavy (non-hydrogen) atoms. The normalized spacial score (nSPS) is 19.1. The average molecular weight is 453 g/mol. The van der Waals surface area contributed by atoms with Gasteiger partial charge in [0.1, 0.15) is 5.75 Å². The van der Waals surface area contributed by atoms with Crippen LogP contribution in [-0.4, -0.2) is 69.8 Å². The highest BCUT2D eigenvalue weighted by Crippen LogP contribution is 2.32. The lowest BCUT2D eigenvalue weighted by Gasteiger charge is -2.35. The van der Waals surface area contributed by atoms with Gasteiger partial charge in [-0.2, -0.15) is 0 Å². The Kier molecular flexibility index (Phi) is 7.76. The van der Waals surface area contributed by atoms with E-state index in [4.69, 9.17) is 14.2 Å². The first-order valence-electron chi connectivity index (χ1n) is 12.0. The van der Waals surface area contributed by atoms with Crippen LogP contribution in [0.25, 0.3) is 0 Å². The number of fused-ring (bicyclic) bond motifs is 1. The monoisotopic (exact) mass is 452 g/mol. The van der Waals surface area contributed by atoms with Gasteiger partial charge in [0.15, 0.2) is 11.5 Å². The molecule has 1 saturated heterocycles.